The molecule has 2 rings (SSSR count). The number of carbonyl (C=O) groups excluding carboxylic acids is 1. The van der Waals surface area contributed by atoms with Crippen molar-refractivity contribution in [3.05, 3.63) is 39.0 Å². The lowest BCUT2D eigenvalue weighted by Crippen LogP contribution is -2.34. The highest BCUT2D eigenvalue weighted by Crippen LogP contribution is 2.25. The van der Waals surface area contributed by atoms with Crippen molar-refractivity contribution in [1.29, 1.82) is 0 Å². The summed E-state index contributed by atoms with van der Waals surface area (Å²) >= 11 is 0. The fourth-order valence-corrected chi connectivity index (χ4v) is 2.94. The van der Waals surface area contributed by atoms with E-state index in [0.717, 1.165) is 17.8 Å². The van der Waals surface area contributed by atoms with Crippen LogP contribution in [0.2, 0.25) is 0 Å². The van der Waals surface area contributed by atoms with Gasteiger partial charge in [-0.1, -0.05) is 0 Å². The maximum absolute atomic E-state index is 12.6. The minimum absolute atomic E-state index is 0.0484. The zero-order chi connectivity index (χ0) is 18.9. The van der Waals surface area contributed by atoms with E-state index in [9.17, 15) is 14.9 Å². The number of nitrogens with one attached hydrogen (secondary N) is 1. The number of hydrogen-bond acceptors (Lipinski definition) is 5. The Morgan fingerprint density at radius 1 is 1.28 bits per heavy atom. The van der Waals surface area contributed by atoms with Gasteiger partial charge < -0.3 is 5.32 Å². The molecule has 2 unspecified atom stereocenters. The van der Waals surface area contributed by atoms with Crippen molar-refractivity contribution in [2.24, 2.45) is 0 Å². The van der Waals surface area contributed by atoms with Crippen molar-refractivity contribution in [3.8, 4) is 0 Å². The summed E-state index contributed by atoms with van der Waals surface area (Å²) in [5.41, 5.74) is 2.43. The van der Waals surface area contributed by atoms with Crippen LogP contribution in [-0.2, 0) is 11.3 Å². The summed E-state index contributed by atoms with van der Waals surface area (Å²) in [7, 11) is 0. The molecule has 0 saturated heterocycles. The zero-order valence-corrected chi connectivity index (χ0v) is 15.4. The van der Waals surface area contributed by atoms with Crippen molar-refractivity contribution in [3.63, 3.8) is 0 Å². The Kier molecular flexibility index (Phi) is 5.24. The molecule has 1 amide bonds. The molecule has 0 aliphatic rings. The second-order valence-corrected chi connectivity index (χ2v) is 6.15. The first-order valence-corrected chi connectivity index (χ1v) is 8.21. The number of rotatable bonds is 6. The van der Waals surface area contributed by atoms with Crippen molar-refractivity contribution < 1.29 is 9.72 Å². The zero-order valence-electron chi connectivity index (χ0n) is 15.4. The van der Waals surface area contributed by atoms with Crippen LogP contribution >= 0.6 is 0 Å². The topological polar surface area (TPSA) is 108 Å². The SMILES string of the molecule is CCn1cc(C(C)NC(=O)C(C)n2nc(C)c([N+](=O)[O-])c2C)c(C)n1. The molecule has 25 heavy (non-hydrogen) atoms. The molecule has 0 aliphatic carbocycles. The van der Waals surface area contributed by atoms with E-state index in [1.807, 2.05) is 31.6 Å². The van der Waals surface area contributed by atoms with Crippen molar-refractivity contribution in [1.82, 2.24) is 24.9 Å². The summed E-state index contributed by atoms with van der Waals surface area (Å²) in [4.78, 5) is 23.2. The molecule has 9 nitrogen and oxygen atoms in total. The fraction of sp³-hybridized carbons (Fsp3) is 0.562. The first-order chi connectivity index (χ1) is 11.7. The lowest BCUT2D eigenvalue weighted by Gasteiger charge is -2.18. The number of nitro groups is 1. The molecule has 2 aromatic heterocycles. The first kappa shape index (κ1) is 18.6. The predicted octanol–water partition coefficient (Wildman–Crippen LogP) is 2.37. The van der Waals surface area contributed by atoms with Crippen molar-refractivity contribution in [2.75, 3.05) is 0 Å². The van der Waals surface area contributed by atoms with Crippen LogP contribution in [-0.4, -0.2) is 30.4 Å². The van der Waals surface area contributed by atoms with Crippen LogP contribution in [0.5, 0.6) is 0 Å². The van der Waals surface area contributed by atoms with Gasteiger partial charge in [-0.05, 0) is 41.5 Å². The van der Waals surface area contributed by atoms with E-state index in [0.29, 0.717) is 11.4 Å². The van der Waals surface area contributed by atoms with Gasteiger partial charge in [-0.15, -0.1) is 0 Å². The molecule has 0 aliphatic heterocycles. The van der Waals surface area contributed by atoms with E-state index < -0.39 is 11.0 Å². The van der Waals surface area contributed by atoms with Gasteiger partial charge in [0.2, 0.25) is 5.91 Å². The number of aromatic nitrogens is 4. The normalized spacial score (nSPS) is 13.5. The molecule has 0 radical (unpaired) electrons. The molecule has 2 heterocycles. The molecule has 0 spiro atoms. The Morgan fingerprint density at radius 3 is 2.40 bits per heavy atom. The fourth-order valence-electron chi connectivity index (χ4n) is 2.94. The number of carbonyl (C=O) groups is 1. The van der Waals surface area contributed by atoms with E-state index in [-0.39, 0.29) is 17.6 Å². The molecule has 2 atom stereocenters. The quantitative estimate of drug-likeness (QED) is 0.637. The van der Waals surface area contributed by atoms with Gasteiger partial charge in [-0.2, -0.15) is 10.2 Å². The third kappa shape index (κ3) is 3.54. The average molecular weight is 348 g/mol. The molecule has 136 valence electrons. The summed E-state index contributed by atoms with van der Waals surface area (Å²) in [6, 6.07) is -0.876. The van der Waals surface area contributed by atoms with Gasteiger partial charge in [-0.25, -0.2) is 0 Å². The molecule has 9 heteroatoms. The van der Waals surface area contributed by atoms with Crippen LogP contribution in [0, 0.1) is 30.9 Å². The highest BCUT2D eigenvalue weighted by atomic mass is 16.6. The summed E-state index contributed by atoms with van der Waals surface area (Å²) in [5, 5.41) is 22.6. The largest absolute Gasteiger partial charge is 0.348 e. The molecule has 2 aromatic rings. The number of hydrogen-bond donors (Lipinski definition) is 1. The molecule has 0 aromatic carbocycles. The highest BCUT2D eigenvalue weighted by Gasteiger charge is 2.28. The Bertz CT molecular complexity index is 807. The minimum Gasteiger partial charge on any atom is -0.348 e. The molecule has 1 N–H and O–H groups in total. The second-order valence-electron chi connectivity index (χ2n) is 6.15. The number of aryl methyl sites for hydroxylation is 3. The second kappa shape index (κ2) is 7.04. The third-order valence-corrected chi connectivity index (χ3v) is 4.35. The highest BCUT2D eigenvalue weighted by molar-refractivity contribution is 5.80. The maximum atomic E-state index is 12.6. The van der Waals surface area contributed by atoms with Crippen molar-refractivity contribution >= 4 is 11.6 Å². The van der Waals surface area contributed by atoms with E-state index in [1.54, 1.807) is 20.8 Å². The first-order valence-electron chi connectivity index (χ1n) is 8.21. The summed E-state index contributed by atoms with van der Waals surface area (Å²) < 4.78 is 3.22. The molecular weight excluding hydrogens is 324 g/mol. The van der Waals surface area contributed by atoms with E-state index in [2.05, 4.69) is 15.5 Å². The molecular formula is C16H24N6O3. The minimum atomic E-state index is -0.656. The van der Waals surface area contributed by atoms with E-state index in [4.69, 9.17) is 0 Å². The van der Waals surface area contributed by atoms with Gasteiger partial charge in [0.15, 0.2) is 0 Å². The lowest BCUT2D eigenvalue weighted by atomic mass is 10.1. The average Bonchev–Trinajstić information content (AvgIpc) is 3.05. The number of amides is 1. The van der Waals surface area contributed by atoms with Gasteiger partial charge >= 0.3 is 5.69 Å². The standard InChI is InChI=1S/C16H24N6O3/c1-7-20-8-14(10(3)18-20)9(2)17-16(23)13(6)21-12(5)15(22(24)25)11(4)19-21/h8-9,13H,7H2,1-6H3,(H,17,23). The summed E-state index contributed by atoms with van der Waals surface area (Å²) in [6.45, 7) is 11.4. The van der Waals surface area contributed by atoms with Crippen LogP contribution in [0.4, 0.5) is 5.69 Å². The van der Waals surface area contributed by atoms with Crippen LogP contribution in [0.1, 0.15) is 55.5 Å². The van der Waals surface area contributed by atoms with E-state index in [1.165, 1.54) is 4.68 Å². The Balaban J connectivity index is 2.19. The molecule has 0 fully saturated rings. The Morgan fingerprint density at radius 2 is 1.92 bits per heavy atom. The van der Waals surface area contributed by atoms with Gasteiger partial charge in [-0.3, -0.25) is 24.3 Å². The van der Waals surface area contributed by atoms with Crippen LogP contribution in [0.3, 0.4) is 0 Å². The van der Waals surface area contributed by atoms with Crippen LogP contribution in [0.25, 0.3) is 0 Å². The van der Waals surface area contributed by atoms with Gasteiger partial charge in [0.1, 0.15) is 17.4 Å². The number of nitrogens with zero attached hydrogens (tertiary/aromatic N) is 5. The Hall–Kier alpha value is -2.71. The summed E-state index contributed by atoms with van der Waals surface area (Å²) in [6.07, 6.45) is 1.92. The third-order valence-electron chi connectivity index (χ3n) is 4.35. The maximum Gasteiger partial charge on any atom is 0.312 e. The molecule has 0 bridgehead atoms. The van der Waals surface area contributed by atoms with Crippen LogP contribution < -0.4 is 5.32 Å². The molecule has 0 saturated carbocycles. The Labute approximate surface area is 146 Å². The van der Waals surface area contributed by atoms with Gasteiger partial charge in [0.05, 0.1) is 16.7 Å². The van der Waals surface area contributed by atoms with Crippen LogP contribution in [0.15, 0.2) is 6.20 Å². The van der Waals surface area contributed by atoms with Crippen molar-refractivity contribution in [2.45, 2.75) is 60.2 Å². The van der Waals surface area contributed by atoms with Gasteiger partial charge in [0, 0.05) is 18.3 Å². The lowest BCUT2D eigenvalue weighted by molar-refractivity contribution is -0.386. The smallest absolute Gasteiger partial charge is 0.312 e. The van der Waals surface area contributed by atoms with Gasteiger partial charge in [0.25, 0.3) is 0 Å². The predicted molar refractivity (Wildman–Crippen MR) is 92.3 cm³/mol. The van der Waals surface area contributed by atoms with E-state index >= 15 is 0 Å². The summed E-state index contributed by atoms with van der Waals surface area (Å²) in [5.74, 6) is -0.253. The monoisotopic (exact) mass is 348 g/mol.